The second-order valence-corrected chi connectivity index (χ2v) is 7.56. The molecule has 0 unspecified atom stereocenters. The maximum Gasteiger partial charge on any atom is 0.319 e. The minimum absolute atomic E-state index is 0.230. The highest BCUT2D eigenvalue weighted by Gasteiger charge is 2.24. The Labute approximate surface area is 172 Å². The van der Waals surface area contributed by atoms with Crippen molar-refractivity contribution in [2.75, 3.05) is 11.9 Å². The fraction of sp³-hybridized carbons (Fsp3) is 0.263. The van der Waals surface area contributed by atoms with Crippen LogP contribution in [-0.4, -0.2) is 24.5 Å². The Hall–Kier alpha value is -1.95. The summed E-state index contributed by atoms with van der Waals surface area (Å²) in [5.74, 6) is -0.232. The average molecular weight is 427 g/mol. The van der Waals surface area contributed by atoms with E-state index >= 15 is 0 Å². The van der Waals surface area contributed by atoms with Gasteiger partial charge in [0.2, 0.25) is 0 Å². The van der Waals surface area contributed by atoms with Crippen LogP contribution in [0.5, 0.6) is 0 Å². The zero-order chi connectivity index (χ0) is 19.4. The second kappa shape index (κ2) is 8.83. The third-order valence-electron chi connectivity index (χ3n) is 4.08. The summed E-state index contributed by atoms with van der Waals surface area (Å²) in [5.41, 5.74) is 1.73. The van der Waals surface area contributed by atoms with E-state index < -0.39 is 0 Å². The highest BCUT2D eigenvalue weighted by Crippen LogP contribution is 2.24. The van der Waals surface area contributed by atoms with E-state index in [4.69, 9.17) is 34.8 Å². The highest BCUT2D eigenvalue weighted by atomic mass is 35.5. The molecule has 0 aromatic heterocycles. The van der Waals surface area contributed by atoms with Crippen LogP contribution in [0.25, 0.3) is 0 Å². The Kier molecular flexibility index (Phi) is 6.47. The van der Waals surface area contributed by atoms with Crippen LogP contribution in [0, 0.1) is 0 Å². The topological polar surface area (TPSA) is 70.2 Å². The summed E-state index contributed by atoms with van der Waals surface area (Å²) in [6.45, 7) is 0.399. The molecule has 1 aliphatic rings. The number of amides is 3. The molecule has 1 aliphatic carbocycles. The minimum atomic E-state index is -0.379. The molecule has 2 aromatic rings. The van der Waals surface area contributed by atoms with E-state index in [0.717, 1.165) is 18.4 Å². The first-order chi connectivity index (χ1) is 12.9. The van der Waals surface area contributed by atoms with Crippen molar-refractivity contribution in [3.63, 3.8) is 0 Å². The molecule has 0 radical (unpaired) electrons. The lowest BCUT2D eigenvalue weighted by Crippen LogP contribution is -2.30. The number of nitrogens with one attached hydrogen (secondary N) is 3. The summed E-state index contributed by atoms with van der Waals surface area (Å²) in [7, 11) is 0. The number of hydrogen-bond acceptors (Lipinski definition) is 2. The molecule has 5 nitrogen and oxygen atoms in total. The Morgan fingerprint density at radius 1 is 1.00 bits per heavy atom. The molecule has 3 N–H and O–H groups in total. The van der Waals surface area contributed by atoms with Crippen LogP contribution in [0.15, 0.2) is 36.4 Å². The molecule has 0 bridgehead atoms. The van der Waals surface area contributed by atoms with E-state index in [2.05, 4.69) is 16.0 Å². The maximum absolute atomic E-state index is 12.2. The smallest absolute Gasteiger partial charge is 0.319 e. The predicted molar refractivity (Wildman–Crippen MR) is 109 cm³/mol. The minimum Gasteiger partial charge on any atom is -0.349 e. The fourth-order valence-corrected chi connectivity index (χ4v) is 3.18. The van der Waals surface area contributed by atoms with Gasteiger partial charge < -0.3 is 16.0 Å². The molecule has 8 heteroatoms. The molecule has 0 aliphatic heterocycles. The van der Waals surface area contributed by atoms with Crippen LogP contribution in [0.4, 0.5) is 10.5 Å². The maximum atomic E-state index is 12.2. The zero-order valence-electron chi connectivity index (χ0n) is 14.3. The SMILES string of the molecule is O=C(NCCc1ccc(Cl)cc1Cl)Nc1ccc(Cl)c(C(=O)NC2CC2)c1. The van der Waals surface area contributed by atoms with Crippen molar-refractivity contribution in [1.82, 2.24) is 10.6 Å². The van der Waals surface area contributed by atoms with Crippen LogP contribution in [-0.2, 0) is 6.42 Å². The number of anilines is 1. The van der Waals surface area contributed by atoms with Crippen LogP contribution >= 0.6 is 34.8 Å². The van der Waals surface area contributed by atoms with Crippen molar-refractivity contribution < 1.29 is 9.59 Å². The molecule has 3 amide bonds. The van der Waals surface area contributed by atoms with E-state index in [0.29, 0.717) is 39.3 Å². The van der Waals surface area contributed by atoms with Crippen molar-refractivity contribution in [2.24, 2.45) is 0 Å². The molecular formula is C19H18Cl3N3O2. The zero-order valence-corrected chi connectivity index (χ0v) is 16.6. The Bertz CT molecular complexity index is 869. The van der Waals surface area contributed by atoms with Gasteiger partial charge in [-0.15, -0.1) is 0 Å². The largest absolute Gasteiger partial charge is 0.349 e. The average Bonchev–Trinajstić information content (AvgIpc) is 3.42. The standard InChI is InChI=1S/C19H18Cl3N3O2/c20-12-2-1-11(17(22)9-12)7-8-23-19(27)25-14-5-6-16(21)15(10-14)18(26)24-13-3-4-13/h1-2,5-6,9-10,13H,3-4,7-8H2,(H,24,26)(H2,23,25,27). The molecule has 1 fully saturated rings. The van der Waals surface area contributed by atoms with Crippen LogP contribution in [0.3, 0.4) is 0 Å². The third kappa shape index (κ3) is 5.76. The molecule has 0 saturated heterocycles. The normalized spacial score (nSPS) is 13.1. The first kappa shape index (κ1) is 19.8. The van der Waals surface area contributed by atoms with E-state index in [9.17, 15) is 9.59 Å². The van der Waals surface area contributed by atoms with Crippen LogP contribution in [0.2, 0.25) is 15.1 Å². The van der Waals surface area contributed by atoms with Crippen molar-refractivity contribution in [3.05, 3.63) is 62.6 Å². The number of rotatable bonds is 6. The molecule has 0 heterocycles. The van der Waals surface area contributed by atoms with E-state index in [1.165, 1.54) is 0 Å². The molecule has 27 heavy (non-hydrogen) atoms. The highest BCUT2D eigenvalue weighted by molar-refractivity contribution is 6.35. The summed E-state index contributed by atoms with van der Waals surface area (Å²) < 4.78 is 0. The van der Waals surface area contributed by atoms with Crippen molar-refractivity contribution >= 4 is 52.4 Å². The molecule has 3 rings (SSSR count). The molecular weight excluding hydrogens is 409 g/mol. The van der Waals surface area contributed by atoms with Crippen LogP contribution in [0.1, 0.15) is 28.8 Å². The lowest BCUT2D eigenvalue weighted by atomic mass is 10.1. The quantitative estimate of drug-likeness (QED) is 0.614. The first-order valence-electron chi connectivity index (χ1n) is 8.51. The van der Waals surface area contributed by atoms with Gasteiger partial charge in [0.05, 0.1) is 10.6 Å². The summed E-state index contributed by atoms with van der Waals surface area (Å²) in [6, 6.07) is 9.90. The lowest BCUT2D eigenvalue weighted by Gasteiger charge is -2.11. The number of benzene rings is 2. The Morgan fingerprint density at radius 2 is 1.78 bits per heavy atom. The van der Waals surface area contributed by atoms with Crippen molar-refractivity contribution in [3.8, 4) is 0 Å². The van der Waals surface area contributed by atoms with Gasteiger partial charge in [0, 0.05) is 28.3 Å². The van der Waals surface area contributed by atoms with E-state index in [1.54, 1.807) is 30.3 Å². The summed E-state index contributed by atoms with van der Waals surface area (Å²) in [4.78, 5) is 24.3. The molecule has 0 spiro atoms. The van der Waals surface area contributed by atoms with Gasteiger partial charge in [-0.3, -0.25) is 4.79 Å². The van der Waals surface area contributed by atoms with Crippen molar-refractivity contribution in [1.29, 1.82) is 0 Å². The van der Waals surface area contributed by atoms with Gasteiger partial charge in [-0.2, -0.15) is 0 Å². The summed E-state index contributed by atoms with van der Waals surface area (Å²) in [6.07, 6.45) is 2.54. The lowest BCUT2D eigenvalue weighted by molar-refractivity contribution is 0.0951. The van der Waals surface area contributed by atoms with Gasteiger partial charge >= 0.3 is 6.03 Å². The molecule has 2 aromatic carbocycles. The number of carbonyl (C=O) groups is 2. The molecule has 1 saturated carbocycles. The van der Waals surface area contributed by atoms with Gasteiger partial charge in [-0.25, -0.2) is 4.79 Å². The number of hydrogen-bond donors (Lipinski definition) is 3. The van der Waals surface area contributed by atoms with Crippen LogP contribution < -0.4 is 16.0 Å². The van der Waals surface area contributed by atoms with E-state index in [1.807, 2.05) is 6.07 Å². The molecule has 142 valence electrons. The predicted octanol–water partition coefficient (Wildman–Crippen LogP) is 4.90. The summed E-state index contributed by atoms with van der Waals surface area (Å²) >= 11 is 18.1. The summed E-state index contributed by atoms with van der Waals surface area (Å²) in [5, 5.41) is 9.81. The fourth-order valence-electron chi connectivity index (χ4n) is 2.48. The van der Waals surface area contributed by atoms with Gasteiger partial charge in [-0.05, 0) is 55.2 Å². The van der Waals surface area contributed by atoms with E-state index in [-0.39, 0.29) is 18.0 Å². The van der Waals surface area contributed by atoms with Gasteiger partial charge in [0.1, 0.15) is 0 Å². The number of carbonyl (C=O) groups excluding carboxylic acids is 2. The van der Waals surface area contributed by atoms with Gasteiger partial charge in [0.25, 0.3) is 5.91 Å². The molecule has 0 atom stereocenters. The van der Waals surface area contributed by atoms with Crippen molar-refractivity contribution in [2.45, 2.75) is 25.3 Å². The van der Waals surface area contributed by atoms with Gasteiger partial charge in [0.15, 0.2) is 0 Å². The second-order valence-electron chi connectivity index (χ2n) is 6.31. The Balaban J connectivity index is 1.53. The Morgan fingerprint density at radius 3 is 2.48 bits per heavy atom. The number of halogens is 3. The van der Waals surface area contributed by atoms with Gasteiger partial charge in [-0.1, -0.05) is 40.9 Å². The number of urea groups is 1. The third-order valence-corrected chi connectivity index (χ3v) is 4.99. The first-order valence-corrected chi connectivity index (χ1v) is 9.65. The monoisotopic (exact) mass is 425 g/mol.